The van der Waals surface area contributed by atoms with E-state index in [1.165, 1.54) is 6.20 Å². The van der Waals surface area contributed by atoms with Crippen LogP contribution in [0.25, 0.3) is 0 Å². The van der Waals surface area contributed by atoms with E-state index in [1.807, 2.05) is 0 Å². The number of carbonyl (C=O) groups is 1. The fraction of sp³-hybridized carbons (Fsp3) is 0.267. The van der Waals surface area contributed by atoms with Gasteiger partial charge < -0.3 is 15.1 Å². The summed E-state index contributed by atoms with van der Waals surface area (Å²) in [5, 5.41) is 3.08. The van der Waals surface area contributed by atoms with Crippen molar-refractivity contribution >= 4 is 57.8 Å². The second-order valence-corrected chi connectivity index (χ2v) is 7.88. The van der Waals surface area contributed by atoms with Crippen molar-refractivity contribution in [2.45, 2.75) is 24.9 Å². The van der Waals surface area contributed by atoms with Crippen molar-refractivity contribution < 1.29 is 27.4 Å². The lowest BCUT2D eigenvalue weighted by molar-refractivity contribution is -0.145. The summed E-state index contributed by atoms with van der Waals surface area (Å²) in [4.78, 5) is 20.0. The van der Waals surface area contributed by atoms with Gasteiger partial charge in [-0.3, -0.25) is 4.79 Å². The van der Waals surface area contributed by atoms with Gasteiger partial charge in [-0.1, -0.05) is 23.2 Å². The second kappa shape index (κ2) is 9.11. The van der Waals surface area contributed by atoms with Gasteiger partial charge in [-0.05, 0) is 30.2 Å². The quantitative estimate of drug-likeness (QED) is 0.306. The number of hydrogen-bond donors (Lipinski definition) is 2. The van der Waals surface area contributed by atoms with Crippen LogP contribution in [-0.2, 0) is 27.0 Å². The van der Waals surface area contributed by atoms with Gasteiger partial charge in [0.25, 0.3) is 5.96 Å². The van der Waals surface area contributed by atoms with Gasteiger partial charge >= 0.3 is 12.1 Å². The Morgan fingerprint density at radius 3 is 2.48 bits per heavy atom. The summed E-state index contributed by atoms with van der Waals surface area (Å²) in [6.07, 6.45) is -3.45. The first-order valence-electron chi connectivity index (χ1n) is 7.76. The van der Waals surface area contributed by atoms with Crippen LogP contribution in [-0.4, -0.2) is 32.0 Å². The molecule has 0 aliphatic rings. The van der Waals surface area contributed by atoms with Crippen molar-refractivity contribution in [3.8, 4) is 0 Å². The van der Waals surface area contributed by atoms with E-state index in [9.17, 15) is 22.5 Å². The summed E-state index contributed by atoms with van der Waals surface area (Å²) in [5.41, 5.74) is 6.78. The van der Waals surface area contributed by atoms with E-state index in [0.717, 1.165) is 11.6 Å². The molecule has 0 radical (unpaired) electrons. The van der Waals surface area contributed by atoms with Crippen LogP contribution in [0.15, 0.2) is 28.2 Å². The van der Waals surface area contributed by atoms with Crippen molar-refractivity contribution in [2.75, 3.05) is 11.5 Å². The molecule has 1 heterocycles. The Balaban J connectivity index is 2.58. The molecule has 0 aliphatic carbocycles. The molecular formula is C15H14Cl2F3N5O3S. The van der Waals surface area contributed by atoms with Gasteiger partial charge in [0.1, 0.15) is 17.6 Å². The number of nitrogen functional groups attached to an aromatic ring is 1. The van der Waals surface area contributed by atoms with E-state index >= 15 is 0 Å². The van der Waals surface area contributed by atoms with E-state index in [0.29, 0.717) is 12.1 Å². The number of nitrogens with two attached hydrogens (primary N) is 1. The molecular weight excluding hydrogens is 458 g/mol. The number of aromatic nitrogens is 2. The maximum atomic E-state index is 12.9. The summed E-state index contributed by atoms with van der Waals surface area (Å²) in [6, 6.07) is 1.28. The van der Waals surface area contributed by atoms with Crippen LogP contribution >= 0.6 is 23.2 Å². The summed E-state index contributed by atoms with van der Waals surface area (Å²) in [5.74, 6) is -0.940. The molecule has 14 heteroatoms. The predicted octanol–water partition coefficient (Wildman–Crippen LogP) is 3.52. The van der Waals surface area contributed by atoms with E-state index in [2.05, 4.69) is 20.4 Å². The monoisotopic (exact) mass is 471 g/mol. The molecule has 0 bridgehead atoms. The van der Waals surface area contributed by atoms with E-state index in [1.54, 1.807) is 6.92 Å². The van der Waals surface area contributed by atoms with Crippen LogP contribution in [0.2, 0.25) is 10.0 Å². The average molecular weight is 472 g/mol. The molecule has 158 valence electrons. The molecule has 0 saturated carbocycles. The Morgan fingerprint density at radius 2 is 2.00 bits per heavy atom. The molecule has 29 heavy (non-hydrogen) atoms. The standard InChI is InChI=1S/C15H14Cl2F3N5O3S/c1-3-29(27)11-6-22-25(13(11)21)14(24-28-7(2)26)23-12-9(16)4-8(5-10(12)17)15(18,19)20/h4-6H,3,21H2,1-2H3,(H,23,24). The highest BCUT2D eigenvalue weighted by Crippen LogP contribution is 2.40. The third kappa shape index (κ3) is 5.47. The van der Waals surface area contributed by atoms with E-state index in [4.69, 9.17) is 28.9 Å². The number of aliphatic imine (C=N–C) groups is 1. The normalized spacial score (nSPS) is 13.3. The van der Waals surface area contributed by atoms with Crippen LogP contribution in [0.5, 0.6) is 0 Å². The second-order valence-electron chi connectivity index (χ2n) is 5.36. The lowest BCUT2D eigenvalue weighted by Crippen LogP contribution is -2.33. The van der Waals surface area contributed by atoms with Crippen molar-refractivity contribution in [1.82, 2.24) is 15.3 Å². The Morgan fingerprint density at radius 1 is 1.41 bits per heavy atom. The number of nitrogens with one attached hydrogen (secondary N) is 1. The fourth-order valence-electron chi connectivity index (χ4n) is 2.02. The Hall–Kier alpha value is -2.15. The molecule has 0 saturated heterocycles. The van der Waals surface area contributed by atoms with Crippen molar-refractivity contribution in [3.63, 3.8) is 0 Å². The predicted molar refractivity (Wildman–Crippen MR) is 102 cm³/mol. The lowest BCUT2D eigenvalue weighted by atomic mass is 10.2. The molecule has 2 rings (SSSR count). The van der Waals surface area contributed by atoms with Crippen LogP contribution in [0.1, 0.15) is 19.4 Å². The lowest BCUT2D eigenvalue weighted by Gasteiger charge is -2.13. The molecule has 3 N–H and O–H groups in total. The molecule has 0 amide bonds. The van der Waals surface area contributed by atoms with Crippen molar-refractivity contribution in [1.29, 1.82) is 0 Å². The minimum Gasteiger partial charge on any atom is -0.611 e. The molecule has 8 nitrogen and oxygen atoms in total. The van der Waals surface area contributed by atoms with Crippen LogP contribution < -0.4 is 11.2 Å². The Labute approximate surface area is 175 Å². The third-order valence-corrected chi connectivity index (χ3v) is 5.23. The third-order valence-electron chi connectivity index (χ3n) is 3.33. The van der Waals surface area contributed by atoms with Crippen LogP contribution in [0.3, 0.4) is 0 Å². The zero-order chi connectivity index (χ0) is 21.9. The number of benzene rings is 1. The molecule has 1 atom stereocenters. The van der Waals surface area contributed by atoms with Crippen molar-refractivity contribution in [3.05, 3.63) is 33.9 Å². The van der Waals surface area contributed by atoms with Crippen molar-refractivity contribution in [2.24, 2.45) is 4.99 Å². The number of alkyl halides is 3. The first-order valence-corrected chi connectivity index (χ1v) is 9.83. The number of hydrogen-bond acceptors (Lipinski definition) is 6. The minimum atomic E-state index is -4.67. The van der Waals surface area contributed by atoms with Gasteiger partial charge in [0.05, 0.1) is 15.6 Å². The maximum absolute atomic E-state index is 12.9. The summed E-state index contributed by atoms with van der Waals surface area (Å²) >= 11 is 10.4. The molecule has 1 aromatic heterocycles. The highest BCUT2D eigenvalue weighted by Gasteiger charge is 2.32. The van der Waals surface area contributed by atoms with Gasteiger partial charge in [0.2, 0.25) is 4.90 Å². The number of anilines is 1. The average Bonchev–Trinajstić information content (AvgIpc) is 3.00. The largest absolute Gasteiger partial charge is 0.611 e. The number of hydroxylamine groups is 1. The summed E-state index contributed by atoms with van der Waals surface area (Å²) in [6.45, 7) is 2.76. The first-order chi connectivity index (χ1) is 13.5. The molecule has 0 aliphatic heterocycles. The number of nitrogens with zero attached hydrogens (tertiary/aromatic N) is 3. The Bertz CT molecular complexity index is 929. The molecule has 1 unspecified atom stereocenters. The van der Waals surface area contributed by atoms with E-state index in [-0.39, 0.29) is 28.1 Å². The highest BCUT2D eigenvalue weighted by molar-refractivity contribution is 7.91. The molecule has 1 aromatic carbocycles. The van der Waals surface area contributed by atoms with Gasteiger partial charge in [-0.15, -0.1) is 0 Å². The zero-order valence-corrected chi connectivity index (χ0v) is 17.2. The van der Waals surface area contributed by atoms with Gasteiger partial charge in [0.15, 0.2) is 5.82 Å². The van der Waals surface area contributed by atoms with Gasteiger partial charge in [0, 0.05) is 6.92 Å². The van der Waals surface area contributed by atoms with Gasteiger partial charge in [-0.2, -0.15) is 28.4 Å². The number of halogens is 5. The molecule has 2 aromatic rings. The smallest absolute Gasteiger partial charge is 0.416 e. The Kier molecular flexibility index (Phi) is 7.27. The number of carbonyl (C=O) groups excluding carboxylic acids is 1. The van der Waals surface area contributed by atoms with Crippen LogP contribution in [0, 0.1) is 0 Å². The fourth-order valence-corrected chi connectivity index (χ4v) is 3.38. The molecule has 0 fully saturated rings. The van der Waals surface area contributed by atoms with Gasteiger partial charge in [-0.25, -0.2) is 4.99 Å². The molecule has 0 spiro atoms. The summed E-state index contributed by atoms with van der Waals surface area (Å²) in [7, 11) is 0. The minimum absolute atomic E-state index is 0.0947. The summed E-state index contributed by atoms with van der Waals surface area (Å²) < 4.78 is 51.7. The number of rotatable bonds is 3. The van der Waals surface area contributed by atoms with E-state index < -0.39 is 38.9 Å². The SMILES string of the molecule is CC[S+]([O-])c1cnn(C(=Nc2c(Cl)cc(C(F)(F)F)cc2Cl)NOC(C)=O)c1N. The first kappa shape index (κ1) is 23.1. The van der Waals surface area contributed by atoms with Crippen LogP contribution in [0.4, 0.5) is 24.7 Å². The zero-order valence-electron chi connectivity index (χ0n) is 14.9. The maximum Gasteiger partial charge on any atom is 0.416 e. The highest BCUT2D eigenvalue weighted by atomic mass is 35.5. The topological polar surface area (TPSA) is 118 Å².